The normalized spacial score (nSPS) is 13.0. The largest absolute Gasteiger partial charge is 0.392 e. The van der Waals surface area contributed by atoms with Gasteiger partial charge in [-0.3, -0.25) is 4.79 Å². The number of aliphatic hydroxyl groups excluding tert-OH is 1. The Kier molecular flexibility index (Phi) is 4.20. The summed E-state index contributed by atoms with van der Waals surface area (Å²) < 4.78 is 13.3. The monoisotopic (exact) mass is 299 g/mol. The van der Waals surface area contributed by atoms with Crippen LogP contribution in [0.4, 0.5) is 4.39 Å². The molecule has 2 aromatic rings. The molecule has 0 aliphatic heterocycles. The molecule has 0 radical (unpaired) electrons. The Morgan fingerprint density at radius 1 is 1.14 bits per heavy atom. The third-order valence-corrected chi connectivity index (χ3v) is 4.09. The van der Waals surface area contributed by atoms with E-state index in [1.54, 1.807) is 12.1 Å². The number of amides is 1. The zero-order valence-corrected chi connectivity index (χ0v) is 12.2. The Morgan fingerprint density at radius 3 is 2.77 bits per heavy atom. The predicted molar refractivity (Wildman–Crippen MR) is 82.0 cm³/mol. The molecule has 0 unspecified atom stereocenters. The lowest BCUT2D eigenvalue weighted by atomic mass is 10.1. The highest BCUT2D eigenvalue weighted by molar-refractivity contribution is 5.94. The maximum absolute atomic E-state index is 13.3. The second kappa shape index (κ2) is 6.28. The van der Waals surface area contributed by atoms with E-state index in [-0.39, 0.29) is 18.1 Å². The summed E-state index contributed by atoms with van der Waals surface area (Å²) in [5.41, 5.74) is 4.26. The molecule has 0 saturated heterocycles. The van der Waals surface area contributed by atoms with Crippen molar-refractivity contribution in [2.75, 3.05) is 0 Å². The van der Waals surface area contributed by atoms with Crippen LogP contribution in [0.1, 0.15) is 39.0 Å². The highest BCUT2D eigenvalue weighted by atomic mass is 19.1. The molecule has 3 rings (SSSR count). The van der Waals surface area contributed by atoms with E-state index in [1.165, 1.54) is 17.2 Å². The molecule has 0 heterocycles. The van der Waals surface area contributed by atoms with E-state index in [2.05, 4.69) is 5.32 Å². The van der Waals surface area contributed by atoms with E-state index in [0.717, 1.165) is 24.8 Å². The van der Waals surface area contributed by atoms with Crippen molar-refractivity contribution in [3.8, 4) is 0 Å². The zero-order valence-electron chi connectivity index (χ0n) is 12.2. The number of halogens is 1. The molecule has 0 saturated carbocycles. The molecule has 1 aliphatic carbocycles. The van der Waals surface area contributed by atoms with Gasteiger partial charge in [0, 0.05) is 17.7 Å². The van der Waals surface area contributed by atoms with Crippen molar-refractivity contribution in [1.82, 2.24) is 5.32 Å². The molecule has 1 amide bonds. The van der Waals surface area contributed by atoms with Gasteiger partial charge >= 0.3 is 0 Å². The number of fused-ring (bicyclic) bond motifs is 1. The average Bonchev–Trinajstić information content (AvgIpc) is 3.01. The first-order valence-electron chi connectivity index (χ1n) is 7.45. The molecule has 0 fully saturated rings. The quantitative estimate of drug-likeness (QED) is 0.912. The lowest BCUT2D eigenvalue weighted by Gasteiger charge is -2.08. The van der Waals surface area contributed by atoms with Gasteiger partial charge in [-0.05, 0) is 60.2 Å². The van der Waals surface area contributed by atoms with Gasteiger partial charge in [-0.25, -0.2) is 4.39 Å². The predicted octanol–water partition coefficient (Wildman–Crippen LogP) is 2.74. The molecule has 1 aliphatic rings. The SMILES string of the molecule is O=C(NCc1ccc(F)c(CO)c1)c1ccc2c(c1)CCC2. The maximum Gasteiger partial charge on any atom is 0.251 e. The van der Waals surface area contributed by atoms with Crippen molar-refractivity contribution in [3.05, 3.63) is 70.0 Å². The Bertz CT molecular complexity index is 712. The van der Waals surface area contributed by atoms with Gasteiger partial charge in [0.15, 0.2) is 0 Å². The molecule has 114 valence electrons. The van der Waals surface area contributed by atoms with Crippen molar-refractivity contribution in [1.29, 1.82) is 0 Å². The summed E-state index contributed by atoms with van der Waals surface area (Å²) in [6.07, 6.45) is 3.28. The Morgan fingerprint density at radius 2 is 1.95 bits per heavy atom. The highest BCUT2D eigenvalue weighted by Gasteiger charge is 2.14. The van der Waals surface area contributed by atoms with Gasteiger partial charge in [0.25, 0.3) is 5.91 Å². The van der Waals surface area contributed by atoms with Crippen LogP contribution in [0.25, 0.3) is 0 Å². The molecule has 0 atom stereocenters. The number of carbonyl (C=O) groups is 1. The van der Waals surface area contributed by atoms with Crippen LogP contribution in [-0.2, 0) is 26.0 Å². The summed E-state index contributed by atoms with van der Waals surface area (Å²) in [4.78, 5) is 12.2. The van der Waals surface area contributed by atoms with E-state index in [4.69, 9.17) is 5.11 Å². The minimum atomic E-state index is -0.434. The summed E-state index contributed by atoms with van der Waals surface area (Å²) >= 11 is 0. The van der Waals surface area contributed by atoms with Crippen LogP contribution in [-0.4, -0.2) is 11.0 Å². The summed E-state index contributed by atoms with van der Waals surface area (Å²) in [6, 6.07) is 10.3. The lowest BCUT2D eigenvalue weighted by Crippen LogP contribution is -2.23. The van der Waals surface area contributed by atoms with Crippen LogP contribution < -0.4 is 5.32 Å². The minimum Gasteiger partial charge on any atom is -0.392 e. The van der Waals surface area contributed by atoms with Crippen molar-refractivity contribution >= 4 is 5.91 Å². The molecule has 0 bridgehead atoms. The van der Waals surface area contributed by atoms with E-state index in [9.17, 15) is 9.18 Å². The van der Waals surface area contributed by atoms with Crippen LogP contribution in [0.2, 0.25) is 0 Å². The molecule has 2 N–H and O–H groups in total. The third kappa shape index (κ3) is 3.02. The van der Waals surface area contributed by atoms with E-state index in [0.29, 0.717) is 12.1 Å². The molecule has 0 spiro atoms. The van der Waals surface area contributed by atoms with Crippen molar-refractivity contribution in [2.24, 2.45) is 0 Å². The molecule has 3 nitrogen and oxygen atoms in total. The number of hydrogen-bond acceptors (Lipinski definition) is 2. The second-order valence-corrected chi connectivity index (χ2v) is 5.60. The van der Waals surface area contributed by atoms with Crippen molar-refractivity contribution < 1.29 is 14.3 Å². The first kappa shape index (κ1) is 14.7. The number of aliphatic hydroxyl groups is 1. The molecule has 4 heteroatoms. The highest BCUT2D eigenvalue weighted by Crippen LogP contribution is 2.22. The minimum absolute atomic E-state index is 0.135. The van der Waals surface area contributed by atoms with Crippen LogP contribution >= 0.6 is 0 Å². The molecule has 0 aromatic heterocycles. The number of hydrogen-bond donors (Lipinski definition) is 2. The second-order valence-electron chi connectivity index (χ2n) is 5.60. The lowest BCUT2D eigenvalue weighted by molar-refractivity contribution is 0.0951. The number of rotatable bonds is 4. The number of nitrogens with one attached hydrogen (secondary N) is 1. The fourth-order valence-electron chi connectivity index (χ4n) is 2.86. The van der Waals surface area contributed by atoms with Crippen LogP contribution in [0.5, 0.6) is 0 Å². The molecule has 22 heavy (non-hydrogen) atoms. The fraction of sp³-hybridized carbons (Fsp3) is 0.278. The zero-order chi connectivity index (χ0) is 15.5. The van der Waals surface area contributed by atoms with Gasteiger partial charge in [0.2, 0.25) is 0 Å². The van der Waals surface area contributed by atoms with Gasteiger partial charge in [0.1, 0.15) is 5.82 Å². The van der Waals surface area contributed by atoms with E-state index < -0.39 is 5.82 Å². The Balaban J connectivity index is 1.67. The Labute approximate surface area is 128 Å². The number of benzene rings is 2. The van der Waals surface area contributed by atoms with Gasteiger partial charge in [-0.15, -0.1) is 0 Å². The van der Waals surface area contributed by atoms with Gasteiger partial charge in [-0.1, -0.05) is 12.1 Å². The topological polar surface area (TPSA) is 49.3 Å². The summed E-state index contributed by atoms with van der Waals surface area (Å²) in [7, 11) is 0. The first-order chi connectivity index (χ1) is 10.7. The fourth-order valence-corrected chi connectivity index (χ4v) is 2.86. The molecule has 2 aromatic carbocycles. The van der Waals surface area contributed by atoms with Crippen LogP contribution in [0, 0.1) is 5.82 Å². The van der Waals surface area contributed by atoms with Crippen molar-refractivity contribution in [3.63, 3.8) is 0 Å². The van der Waals surface area contributed by atoms with Gasteiger partial charge < -0.3 is 10.4 Å². The number of carbonyl (C=O) groups excluding carboxylic acids is 1. The maximum atomic E-state index is 13.3. The van der Waals surface area contributed by atoms with Crippen LogP contribution in [0.15, 0.2) is 36.4 Å². The van der Waals surface area contributed by atoms with Crippen molar-refractivity contribution in [2.45, 2.75) is 32.4 Å². The van der Waals surface area contributed by atoms with Crippen LogP contribution in [0.3, 0.4) is 0 Å². The van der Waals surface area contributed by atoms with E-state index >= 15 is 0 Å². The average molecular weight is 299 g/mol. The first-order valence-corrected chi connectivity index (χ1v) is 7.45. The summed E-state index contributed by atoms with van der Waals surface area (Å²) in [5, 5.41) is 11.9. The molecular formula is C18H18FNO2. The standard InChI is InChI=1S/C18H18FNO2/c19-17-7-4-12(8-16(17)11-21)10-20-18(22)15-6-5-13-2-1-3-14(13)9-15/h4-9,21H,1-3,10-11H2,(H,20,22). The third-order valence-electron chi connectivity index (χ3n) is 4.09. The smallest absolute Gasteiger partial charge is 0.251 e. The van der Waals surface area contributed by atoms with Gasteiger partial charge in [-0.2, -0.15) is 0 Å². The summed E-state index contributed by atoms with van der Waals surface area (Å²) in [5.74, 6) is -0.569. The Hall–Kier alpha value is -2.20. The number of aryl methyl sites for hydroxylation is 2. The van der Waals surface area contributed by atoms with Gasteiger partial charge in [0.05, 0.1) is 6.61 Å². The van der Waals surface area contributed by atoms with E-state index in [1.807, 2.05) is 18.2 Å². The summed E-state index contributed by atoms with van der Waals surface area (Å²) in [6.45, 7) is -0.0400. The molecular weight excluding hydrogens is 281 g/mol.